The fraction of sp³-hybridized carbons (Fsp3) is 0.385. The van der Waals surface area contributed by atoms with Crippen molar-refractivity contribution < 1.29 is 24.2 Å². The van der Waals surface area contributed by atoms with Crippen molar-refractivity contribution >= 4 is 46.9 Å². The Kier molecular flexibility index (Phi) is 7.75. The summed E-state index contributed by atoms with van der Waals surface area (Å²) in [5, 5.41) is 11.2. The van der Waals surface area contributed by atoms with E-state index in [1.165, 1.54) is 0 Å². The molecule has 122 valence electrons. The minimum atomic E-state index is -1.76. The van der Waals surface area contributed by atoms with Crippen LogP contribution >= 0.6 is 34.8 Å². The van der Waals surface area contributed by atoms with Crippen molar-refractivity contribution in [1.82, 2.24) is 5.32 Å². The number of halogens is 3. The van der Waals surface area contributed by atoms with Crippen LogP contribution in [0.2, 0.25) is 0 Å². The third-order valence-corrected chi connectivity index (χ3v) is 2.68. The molecule has 2 N–H and O–H groups in total. The molecule has 1 aromatic rings. The molecule has 0 aliphatic heterocycles. The third kappa shape index (κ3) is 7.70. The standard InChI is InChI=1S/C13H14Cl3NO5/c14-13(15,16)8-22-12(20)17-10(6-18)11(19)21-7-9-4-2-1-3-5-9/h1-5,10,18H,6-8H2,(H,17,20)/t10-/m0/s1. The number of alkyl halides is 3. The fourth-order valence-electron chi connectivity index (χ4n) is 1.34. The van der Waals surface area contributed by atoms with Crippen LogP contribution in [0.1, 0.15) is 5.56 Å². The van der Waals surface area contributed by atoms with Crippen molar-refractivity contribution in [2.24, 2.45) is 0 Å². The second kappa shape index (κ2) is 9.05. The molecule has 0 aliphatic carbocycles. The normalized spacial score (nSPS) is 12.4. The molecule has 0 bridgehead atoms. The molecule has 0 radical (unpaired) electrons. The van der Waals surface area contributed by atoms with Gasteiger partial charge in [-0.1, -0.05) is 65.1 Å². The zero-order valence-electron chi connectivity index (χ0n) is 11.3. The van der Waals surface area contributed by atoms with E-state index in [9.17, 15) is 9.59 Å². The van der Waals surface area contributed by atoms with Crippen molar-refractivity contribution in [3.8, 4) is 0 Å². The molecule has 0 unspecified atom stereocenters. The molecule has 1 aromatic carbocycles. The van der Waals surface area contributed by atoms with Gasteiger partial charge in [0.25, 0.3) is 0 Å². The second-order valence-electron chi connectivity index (χ2n) is 4.16. The predicted octanol–water partition coefficient (Wildman–Crippen LogP) is 2.19. The number of carbonyl (C=O) groups excluding carboxylic acids is 2. The number of aliphatic hydroxyl groups excluding tert-OH is 1. The number of esters is 1. The van der Waals surface area contributed by atoms with Crippen LogP contribution in [0, 0.1) is 0 Å². The molecule has 0 fully saturated rings. The first kappa shape index (κ1) is 18.8. The highest BCUT2D eigenvalue weighted by atomic mass is 35.6. The summed E-state index contributed by atoms with van der Waals surface area (Å²) in [6, 6.07) is 7.67. The number of nitrogens with one attached hydrogen (secondary N) is 1. The predicted molar refractivity (Wildman–Crippen MR) is 81.9 cm³/mol. The van der Waals surface area contributed by atoms with E-state index in [4.69, 9.17) is 44.6 Å². The van der Waals surface area contributed by atoms with Crippen molar-refractivity contribution in [1.29, 1.82) is 0 Å². The molecule has 0 aromatic heterocycles. The molecule has 0 spiro atoms. The van der Waals surface area contributed by atoms with Gasteiger partial charge in [-0.3, -0.25) is 0 Å². The minimum Gasteiger partial charge on any atom is -0.459 e. The van der Waals surface area contributed by atoms with Crippen molar-refractivity contribution in [2.45, 2.75) is 16.4 Å². The van der Waals surface area contributed by atoms with Gasteiger partial charge in [-0.25, -0.2) is 9.59 Å². The summed E-state index contributed by atoms with van der Waals surface area (Å²) in [6.45, 7) is -1.14. The summed E-state index contributed by atoms with van der Waals surface area (Å²) in [5.41, 5.74) is 0.770. The first-order valence-corrected chi connectivity index (χ1v) is 7.26. The Morgan fingerprint density at radius 1 is 1.18 bits per heavy atom. The summed E-state index contributed by atoms with van der Waals surface area (Å²) in [5.74, 6) is -0.808. The number of rotatable bonds is 6. The second-order valence-corrected chi connectivity index (χ2v) is 6.68. The number of hydrogen-bond donors (Lipinski definition) is 2. The molecule has 1 atom stereocenters. The molecule has 9 heteroatoms. The summed E-state index contributed by atoms with van der Waals surface area (Å²) < 4.78 is 7.80. The Morgan fingerprint density at radius 3 is 2.36 bits per heavy atom. The van der Waals surface area contributed by atoms with E-state index >= 15 is 0 Å². The van der Waals surface area contributed by atoms with E-state index in [0.29, 0.717) is 0 Å². The largest absolute Gasteiger partial charge is 0.459 e. The fourth-order valence-corrected chi connectivity index (χ4v) is 1.50. The number of hydrogen-bond acceptors (Lipinski definition) is 5. The zero-order valence-corrected chi connectivity index (χ0v) is 13.6. The Labute approximate surface area is 142 Å². The monoisotopic (exact) mass is 369 g/mol. The Bertz CT molecular complexity index is 492. The Balaban J connectivity index is 2.42. The highest BCUT2D eigenvalue weighted by Crippen LogP contribution is 2.25. The van der Waals surface area contributed by atoms with E-state index in [0.717, 1.165) is 5.56 Å². The van der Waals surface area contributed by atoms with Gasteiger partial charge in [-0.05, 0) is 5.56 Å². The molecule has 1 amide bonds. The molecule has 1 rings (SSSR count). The topological polar surface area (TPSA) is 84.9 Å². The molecule has 6 nitrogen and oxygen atoms in total. The molecule has 0 saturated carbocycles. The van der Waals surface area contributed by atoms with E-state index in [2.05, 4.69) is 10.1 Å². The zero-order chi connectivity index (χ0) is 16.6. The summed E-state index contributed by atoms with van der Waals surface area (Å²) in [7, 11) is 0. The van der Waals surface area contributed by atoms with Gasteiger partial charge in [0.05, 0.1) is 6.61 Å². The number of amides is 1. The maximum atomic E-state index is 11.8. The maximum absolute atomic E-state index is 11.8. The van der Waals surface area contributed by atoms with E-state index in [1.54, 1.807) is 24.3 Å². The van der Waals surface area contributed by atoms with Crippen LogP contribution in [-0.4, -0.2) is 40.2 Å². The smallest absolute Gasteiger partial charge is 0.408 e. The van der Waals surface area contributed by atoms with Gasteiger partial charge >= 0.3 is 12.1 Å². The summed E-state index contributed by atoms with van der Waals surface area (Å²) in [4.78, 5) is 23.2. The molecule has 0 saturated heterocycles. The molecule has 22 heavy (non-hydrogen) atoms. The lowest BCUT2D eigenvalue weighted by molar-refractivity contribution is -0.148. The molecular weight excluding hydrogens is 357 g/mol. The van der Waals surface area contributed by atoms with Gasteiger partial charge in [-0.15, -0.1) is 0 Å². The van der Waals surface area contributed by atoms with Crippen LogP contribution in [-0.2, 0) is 20.9 Å². The van der Waals surface area contributed by atoms with Crippen molar-refractivity contribution in [2.75, 3.05) is 13.2 Å². The van der Waals surface area contributed by atoms with Crippen LogP contribution in [0.25, 0.3) is 0 Å². The van der Waals surface area contributed by atoms with Crippen molar-refractivity contribution in [3.05, 3.63) is 35.9 Å². The van der Waals surface area contributed by atoms with Crippen LogP contribution in [0.3, 0.4) is 0 Å². The first-order valence-electron chi connectivity index (χ1n) is 6.13. The van der Waals surface area contributed by atoms with Gasteiger partial charge in [0, 0.05) is 0 Å². The number of alkyl carbamates (subject to hydrolysis) is 1. The maximum Gasteiger partial charge on any atom is 0.408 e. The lowest BCUT2D eigenvalue weighted by Gasteiger charge is -2.17. The lowest BCUT2D eigenvalue weighted by atomic mass is 10.2. The number of aliphatic hydroxyl groups is 1. The van der Waals surface area contributed by atoms with Gasteiger partial charge in [0.15, 0.2) is 6.04 Å². The van der Waals surface area contributed by atoms with Crippen LogP contribution in [0.4, 0.5) is 4.79 Å². The third-order valence-electron chi connectivity index (χ3n) is 2.35. The molecular formula is C13H14Cl3NO5. The van der Waals surface area contributed by atoms with Crippen LogP contribution in [0.5, 0.6) is 0 Å². The summed E-state index contributed by atoms with van der Waals surface area (Å²) >= 11 is 16.2. The Morgan fingerprint density at radius 2 is 1.82 bits per heavy atom. The van der Waals surface area contributed by atoms with E-state index < -0.39 is 35.1 Å². The van der Waals surface area contributed by atoms with Crippen molar-refractivity contribution in [3.63, 3.8) is 0 Å². The SMILES string of the molecule is O=C(N[C@@H](CO)C(=O)OCc1ccccc1)OCC(Cl)(Cl)Cl. The number of benzene rings is 1. The summed E-state index contributed by atoms with van der Waals surface area (Å²) in [6.07, 6.45) is -1.01. The average Bonchev–Trinajstić information content (AvgIpc) is 2.48. The minimum absolute atomic E-state index is 0.0149. The van der Waals surface area contributed by atoms with Crippen LogP contribution in [0.15, 0.2) is 30.3 Å². The van der Waals surface area contributed by atoms with Gasteiger partial charge < -0.3 is 19.9 Å². The van der Waals surface area contributed by atoms with Gasteiger partial charge in [0.1, 0.15) is 13.2 Å². The quantitative estimate of drug-likeness (QED) is 0.592. The Hall–Kier alpha value is -1.21. The molecule has 0 aliphatic rings. The highest BCUT2D eigenvalue weighted by molar-refractivity contribution is 6.67. The number of carbonyl (C=O) groups is 2. The van der Waals surface area contributed by atoms with E-state index in [1.807, 2.05) is 6.07 Å². The average molecular weight is 371 g/mol. The van der Waals surface area contributed by atoms with E-state index in [-0.39, 0.29) is 6.61 Å². The molecule has 0 heterocycles. The van der Waals surface area contributed by atoms with Crippen LogP contribution < -0.4 is 5.32 Å². The lowest BCUT2D eigenvalue weighted by Crippen LogP contribution is -2.45. The first-order chi connectivity index (χ1) is 10.3. The van der Waals surface area contributed by atoms with Gasteiger partial charge in [0.2, 0.25) is 3.79 Å². The van der Waals surface area contributed by atoms with Gasteiger partial charge in [-0.2, -0.15) is 0 Å². The number of ether oxygens (including phenoxy) is 2. The highest BCUT2D eigenvalue weighted by Gasteiger charge is 2.25.